The third-order valence-corrected chi connectivity index (χ3v) is 3.33. The number of pyridine rings is 1. The second-order valence-electron chi connectivity index (χ2n) is 4.10. The molecule has 6 heteroatoms. The first-order chi connectivity index (χ1) is 9.72. The topological polar surface area (TPSA) is 57.0 Å². The van der Waals surface area contributed by atoms with E-state index in [0.29, 0.717) is 5.39 Å². The molecular formula is C14H10ClN3O2. The zero-order valence-corrected chi connectivity index (χ0v) is 11.3. The van der Waals surface area contributed by atoms with Gasteiger partial charge in [-0.15, -0.1) is 0 Å². The summed E-state index contributed by atoms with van der Waals surface area (Å²) in [6.45, 7) is 0. The Balaban J connectivity index is 2.21. The maximum Gasteiger partial charge on any atom is 0.358 e. The minimum absolute atomic E-state index is 0.0919. The average Bonchev–Trinajstić information content (AvgIpc) is 2.92. The number of carbonyl (C=O) groups is 1. The van der Waals surface area contributed by atoms with Crippen LogP contribution in [0.2, 0.25) is 5.02 Å². The zero-order chi connectivity index (χ0) is 14.1. The predicted molar refractivity (Wildman–Crippen MR) is 75.2 cm³/mol. The molecule has 3 rings (SSSR count). The highest BCUT2D eigenvalue weighted by molar-refractivity contribution is 6.37. The molecule has 0 aliphatic rings. The standard InChI is InChI=1S/C14H10ClN3O2/c1-20-14(19)13-12(15)10-7-17-18(11(10)8-16-13)9-5-3-2-4-6-9/h2-8H,1H3. The van der Waals surface area contributed by atoms with Crippen molar-refractivity contribution < 1.29 is 9.53 Å². The third-order valence-electron chi connectivity index (χ3n) is 2.95. The third kappa shape index (κ3) is 1.92. The Labute approximate surface area is 119 Å². The van der Waals surface area contributed by atoms with Gasteiger partial charge in [0.15, 0.2) is 5.69 Å². The molecule has 0 unspecified atom stereocenters. The maximum atomic E-state index is 11.6. The highest BCUT2D eigenvalue weighted by Gasteiger charge is 2.17. The molecule has 2 heterocycles. The maximum absolute atomic E-state index is 11.6. The lowest BCUT2D eigenvalue weighted by Gasteiger charge is -2.05. The number of hydrogen-bond donors (Lipinski definition) is 0. The van der Waals surface area contributed by atoms with Gasteiger partial charge in [0.1, 0.15) is 0 Å². The number of fused-ring (bicyclic) bond motifs is 1. The number of esters is 1. The molecule has 2 aromatic heterocycles. The van der Waals surface area contributed by atoms with Crippen molar-refractivity contribution >= 4 is 28.5 Å². The van der Waals surface area contributed by atoms with Gasteiger partial charge in [-0.25, -0.2) is 14.5 Å². The Hall–Kier alpha value is -2.40. The largest absolute Gasteiger partial charge is 0.464 e. The molecule has 0 saturated heterocycles. The lowest BCUT2D eigenvalue weighted by Crippen LogP contribution is -2.05. The Bertz CT molecular complexity index is 784. The Kier molecular flexibility index (Phi) is 3.12. The van der Waals surface area contributed by atoms with Crippen LogP contribution >= 0.6 is 11.6 Å². The molecule has 5 nitrogen and oxygen atoms in total. The number of para-hydroxylation sites is 1. The van der Waals surface area contributed by atoms with Crippen molar-refractivity contribution in [1.82, 2.24) is 14.8 Å². The Morgan fingerprint density at radius 2 is 2.00 bits per heavy atom. The van der Waals surface area contributed by atoms with E-state index in [1.807, 2.05) is 30.3 Å². The molecular weight excluding hydrogens is 278 g/mol. The summed E-state index contributed by atoms with van der Waals surface area (Å²) in [6, 6.07) is 9.61. The van der Waals surface area contributed by atoms with Crippen LogP contribution in [0.4, 0.5) is 0 Å². The number of aromatic nitrogens is 3. The number of carbonyl (C=O) groups excluding carboxylic acids is 1. The van der Waals surface area contributed by atoms with E-state index in [-0.39, 0.29) is 10.7 Å². The molecule has 0 amide bonds. The van der Waals surface area contributed by atoms with Crippen LogP contribution in [0.15, 0.2) is 42.7 Å². The van der Waals surface area contributed by atoms with Gasteiger partial charge >= 0.3 is 5.97 Å². The van der Waals surface area contributed by atoms with Gasteiger partial charge < -0.3 is 4.74 Å². The molecule has 0 atom stereocenters. The predicted octanol–water partition coefficient (Wildman–Crippen LogP) is 2.86. The zero-order valence-electron chi connectivity index (χ0n) is 10.6. The number of rotatable bonds is 2. The van der Waals surface area contributed by atoms with Crippen molar-refractivity contribution in [1.29, 1.82) is 0 Å². The van der Waals surface area contributed by atoms with Gasteiger partial charge in [0.25, 0.3) is 0 Å². The van der Waals surface area contributed by atoms with Crippen molar-refractivity contribution in [3.8, 4) is 5.69 Å². The first-order valence-corrected chi connectivity index (χ1v) is 6.26. The van der Waals surface area contributed by atoms with Crippen molar-refractivity contribution in [2.24, 2.45) is 0 Å². The summed E-state index contributed by atoms with van der Waals surface area (Å²) in [4.78, 5) is 15.6. The fourth-order valence-corrected chi connectivity index (χ4v) is 2.25. The van der Waals surface area contributed by atoms with Crippen LogP contribution in [-0.2, 0) is 4.74 Å². The number of halogens is 1. The normalized spacial score (nSPS) is 10.7. The van der Waals surface area contributed by atoms with Crippen LogP contribution in [-0.4, -0.2) is 27.8 Å². The van der Waals surface area contributed by atoms with Crippen LogP contribution < -0.4 is 0 Å². The van der Waals surface area contributed by atoms with Crippen molar-refractivity contribution in [2.45, 2.75) is 0 Å². The molecule has 0 bridgehead atoms. The summed E-state index contributed by atoms with van der Waals surface area (Å²) in [7, 11) is 1.29. The van der Waals surface area contributed by atoms with Gasteiger partial charge in [-0.3, -0.25) is 0 Å². The second kappa shape index (κ2) is 4.94. The monoisotopic (exact) mass is 287 g/mol. The van der Waals surface area contributed by atoms with E-state index in [1.54, 1.807) is 17.1 Å². The number of nitrogens with zero attached hydrogens (tertiary/aromatic N) is 3. The summed E-state index contributed by atoms with van der Waals surface area (Å²) < 4.78 is 6.36. The number of hydrogen-bond acceptors (Lipinski definition) is 4. The molecule has 0 aliphatic heterocycles. The van der Waals surface area contributed by atoms with E-state index < -0.39 is 5.97 Å². The lowest BCUT2D eigenvalue weighted by molar-refractivity contribution is 0.0594. The number of benzene rings is 1. The van der Waals surface area contributed by atoms with Crippen LogP contribution in [0.3, 0.4) is 0 Å². The minimum Gasteiger partial charge on any atom is -0.464 e. The smallest absolute Gasteiger partial charge is 0.358 e. The van der Waals surface area contributed by atoms with Crippen LogP contribution in [0.25, 0.3) is 16.6 Å². The molecule has 0 N–H and O–H groups in total. The van der Waals surface area contributed by atoms with E-state index in [0.717, 1.165) is 11.2 Å². The summed E-state index contributed by atoms with van der Waals surface area (Å²) in [5, 5.41) is 5.20. The Morgan fingerprint density at radius 1 is 1.25 bits per heavy atom. The Morgan fingerprint density at radius 3 is 2.70 bits per heavy atom. The number of methoxy groups -OCH3 is 1. The van der Waals surface area contributed by atoms with E-state index in [2.05, 4.69) is 14.8 Å². The van der Waals surface area contributed by atoms with Crippen molar-refractivity contribution in [2.75, 3.05) is 7.11 Å². The van der Waals surface area contributed by atoms with E-state index in [1.165, 1.54) is 7.11 Å². The van der Waals surface area contributed by atoms with Crippen molar-refractivity contribution in [3.05, 3.63) is 53.4 Å². The number of ether oxygens (including phenoxy) is 1. The molecule has 0 saturated carbocycles. The summed E-state index contributed by atoms with van der Waals surface area (Å²) in [5.41, 5.74) is 1.72. The summed E-state index contributed by atoms with van der Waals surface area (Å²) >= 11 is 6.20. The SMILES string of the molecule is COC(=O)c1ncc2c(cnn2-c2ccccc2)c1Cl. The fraction of sp³-hybridized carbons (Fsp3) is 0.0714. The van der Waals surface area contributed by atoms with Gasteiger partial charge in [0.05, 0.1) is 35.7 Å². The average molecular weight is 288 g/mol. The van der Waals surface area contributed by atoms with Gasteiger partial charge in [0.2, 0.25) is 0 Å². The molecule has 20 heavy (non-hydrogen) atoms. The quantitative estimate of drug-likeness (QED) is 0.680. The van der Waals surface area contributed by atoms with Gasteiger partial charge in [-0.1, -0.05) is 29.8 Å². The van der Waals surface area contributed by atoms with Gasteiger partial charge in [0, 0.05) is 5.39 Å². The van der Waals surface area contributed by atoms with Crippen molar-refractivity contribution in [3.63, 3.8) is 0 Å². The van der Waals surface area contributed by atoms with E-state index in [9.17, 15) is 4.79 Å². The molecule has 3 aromatic rings. The highest BCUT2D eigenvalue weighted by atomic mass is 35.5. The van der Waals surface area contributed by atoms with E-state index >= 15 is 0 Å². The fourth-order valence-electron chi connectivity index (χ4n) is 1.98. The first-order valence-electron chi connectivity index (χ1n) is 5.88. The second-order valence-corrected chi connectivity index (χ2v) is 4.48. The molecule has 1 aromatic carbocycles. The van der Waals surface area contributed by atoms with Crippen LogP contribution in [0, 0.1) is 0 Å². The van der Waals surface area contributed by atoms with Crippen LogP contribution in [0.5, 0.6) is 0 Å². The molecule has 0 radical (unpaired) electrons. The lowest BCUT2D eigenvalue weighted by atomic mass is 10.2. The first kappa shape index (κ1) is 12.6. The molecule has 100 valence electrons. The van der Waals surface area contributed by atoms with Gasteiger partial charge in [-0.05, 0) is 12.1 Å². The highest BCUT2D eigenvalue weighted by Crippen LogP contribution is 2.27. The summed E-state index contributed by atoms with van der Waals surface area (Å²) in [6.07, 6.45) is 3.17. The van der Waals surface area contributed by atoms with Gasteiger partial charge in [-0.2, -0.15) is 5.10 Å². The van der Waals surface area contributed by atoms with E-state index in [4.69, 9.17) is 11.6 Å². The van der Waals surface area contributed by atoms with Crippen LogP contribution in [0.1, 0.15) is 10.5 Å². The summed E-state index contributed by atoms with van der Waals surface area (Å²) in [5.74, 6) is -0.565. The minimum atomic E-state index is -0.565. The molecule has 0 spiro atoms. The molecule has 0 aliphatic carbocycles. The molecule has 0 fully saturated rings.